The molecule has 0 N–H and O–H groups in total. The molecule has 1 aliphatic heterocycles. The third kappa shape index (κ3) is 4.06. The number of likely N-dealkylation sites (tertiary alicyclic amines) is 1. The molecule has 0 radical (unpaired) electrons. The van der Waals surface area contributed by atoms with Gasteiger partial charge in [0.2, 0.25) is 0 Å². The third-order valence-electron chi connectivity index (χ3n) is 6.09. The Kier molecular flexibility index (Phi) is 5.27. The van der Waals surface area contributed by atoms with E-state index in [0.717, 1.165) is 23.6 Å². The van der Waals surface area contributed by atoms with Crippen LogP contribution in [-0.4, -0.2) is 18.0 Å². The minimum absolute atomic E-state index is 0.113. The number of halogens is 1. The van der Waals surface area contributed by atoms with Crippen LogP contribution in [0.1, 0.15) is 61.6 Å². The summed E-state index contributed by atoms with van der Waals surface area (Å²) in [5.74, 6) is 0.996. The number of hydrogen-bond acceptors (Lipinski definition) is 2. The molecule has 2 fully saturated rings. The molecule has 1 heterocycles. The van der Waals surface area contributed by atoms with Crippen LogP contribution in [0.5, 0.6) is 0 Å². The van der Waals surface area contributed by atoms with Gasteiger partial charge in [0.05, 0.1) is 5.56 Å². The number of nitriles is 1. The van der Waals surface area contributed by atoms with Gasteiger partial charge in [-0.2, -0.15) is 5.26 Å². The van der Waals surface area contributed by atoms with E-state index in [0.29, 0.717) is 5.92 Å². The minimum atomic E-state index is -0.427. The second kappa shape index (κ2) is 7.82. The number of nitrogens with zero attached hydrogens (tertiary/aromatic N) is 2. The van der Waals surface area contributed by atoms with E-state index in [4.69, 9.17) is 5.26 Å². The zero-order chi connectivity index (χ0) is 18.8. The maximum absolute atomic E-state index is 14.2. The SMILES string of the molecule is CC1CCCN(Cc2cccc(-c3ccc(C#N)c(F)c3)c2C2CC2)CC1. The van der Waals surface area contributed by atoms with Crippen molar-refractivity contribution in [3.05, 3.63) is 58.9 Å². The molecule has 1 saturated carbocycles. The third-order valence-corrected chi connectivity index (χ3v) is 6.09. The predicted molar refractivity (Wildman–Crippen MR) is 107 cm³/mol. The Labute approximate surface area is 161 Å². The quantitative estimate of drug-likeness (QED) is 0.681. The number of rotatable bonds is 4. The molecule has 0 amide bonds. The Balaban J connectivity index is 1.67. The van der Waals surface area contributed by atoms with Crippen LogP contribution in [0.25, 0.3) is 11.1 Å². The molecule has 2 aromatic carbocycles. The summed E-state index contributed by atoms with van der Waals surface area (Å²) >= 11 is 0. The summed E-state index contributed by atoms with van der Waals surface area (Å²) in [5, 5.41) is 9.01. The topological polar surface area (TPSA) is 27.0 Å². The van der Waals surface area contributed by atoms with Crippen LogP contribution in [0.3, 0.4) is 0 Å². The summed E-state index contributed by atoms with van der Waals surface area (Å²) in [4.78, 5) is 2.59. The molecule has 1 unspecified atom stereocenters. The standard InChI is InChI=1S/C24H27FN2/c1-17-4-3-12-27(13-11-17)16-21-5-2-6-22(24(21)18-7-8-18)19-9-10-20(15-26)23(25)14-19/h2,5-6,9-10,14,17-18H,3-4,7-8,11-13,16H2,1H3. The summed E-state index contributed by atoms with van der Waals surface area (Å²) in [6.07, 6.45) is 6.33. The molecular formula is C24H27FN2. The van der Waals surface area contributed by atoms with E-state index in [1.807, 2.05) is 12.1 Å². The maximum atomic E-state index is 14.2. The molecule has 140 valence electrons. The van der Waals surface area contributed by atoms with Crippen molar-refractivity contribution in [3.63, 3.8) is 0 Å². The second-order valence-electron chi connectivity index (χ2n) is 8.27. The fraction of sp³-hybridized carbons (Fsp3) is 0.458. The van der Waals surface area contributed by atoms with Gasteiger partial charge in [0, 0.05) is 6.54 Å². The summed E-state index contributed by atoms with van der Waals surface area (Å²) in [7, 11) is 0. The van der Waals surface area contributed by atoms with E-state index in [1.165, 1.54) is 62.4 Å². The van der Waals surface area contributed by atoms with Gasteiger partial charge >= 0.3 is 0 Å². The lowest BCUT2D eigenvalue weighted by atomic mass is 9.91. The van der Waals surface area contributed by atoms with E-state index in [1.54, 1.807) is 6.07 Å². The molecule has 2 nitrogen and oxygen atoms in total. The van der Waals surface area contributed by atoms with Crippen LogP contribution in [0.2, 0.25) is 0 Å². The lowest BCUT2D eigenvalue weighted by Gasteiger charge is -2.23. The second-order valence-corrected chi connectivity index (χ2v) is 8.27. The first-order valence-electron chi connectivity index (χ1n) is 10.2. The monoisotopic (exact) mass is 362 g/mol. The molecular weight excluding hydrogens is 335 g/mol. The van der Waals surface area contributed by atoms with E-state index < -0.39 is 5.82 Å². The summed E-state index contributed by atoms with van der Waals surface area (Å²) < 4.78 is 14.2. The Morgan fingerprint density at radius 1 is 1.11 bits per heavy atom. The first kappa shape index (κ1) is 18.2. The molecule has 0 spiro atoms. The molecule has 2 aliphatic rings. The van der Waals surface area contributed by atoms with Crippen LogP contribution in [0.15, 0.2) is 36.4 Å². The fourth-order valence-electron chi connectivity index (χ4n) is 4.35. The molecule has 0 bridgehead atoms. The Morgan fingerprint density at radius 2 is 1.96 bits per heavy atom. The minimum Gasteiger partial charge on any atom is -0.299 e. The molecule has 27 heavy (non-hydrogen) atoms. The van der Waals surface area contributed by atoms with Crippen molar-refractivity contribution in [3.8, 4) is 17.2 Å². The van der Waals surface area contributed by atoms with Crippen LogP contribution in [-0.2, 0) is 6.54 Å². The van der Waals surface area contributed by atoms with Crippen molar-refractivity contribution in [1.82, 2.24) is 4.90 Å². The fourth-order valence-corrected chi connectivity index (χ4v) is 4.35. The Hall–Kier alpha value is -2.18. The molecule has 2 aromatic rings. The molecule has 4 rings (SSSR count). The first-order valence-corrected chi connectivity index (χ1v) is 10.2. The van der Waals surface area contributed by atoms with Gasteiger partial charge in [-0.05, 0) is 91.4 Å². The van der Waals surface area contributed by atoms with Crippen molar-refractivity contribution in [1.29, 1.82) is 5.26 Å². The number of benzene rings is 2. The Morgan fingerprint density at radius 3 is 2.70 bits per heavy atom. The van der Waals surface area contributed by atoms with Crippen molar-refractivity contribution in [2.24, 2.45) is 5.92 Å². The largest absolute Gasteiger partial charge is 0.299 e. The summed E-state index contributed by atoms with van der Waals surface area (Å²) in [6, 6.07) is 13.4. The lowest BCUT2D eigenvalue weighted by Crippen LogP contribution is -2.25. The zero-order valence-corrected chi connectivity index (χ0v) is 16.0. The molecule has 1 saturated heterocycles. The van der Waals surface area contributed by atoms with Gasteiger partial charge in [0.25, 0.3) is 0 Å². The average Bonchev–Trinajstić information content (AvgIpc) is 3.51. The van der Waals surface area contributed by atoms with Crippen LogP contribution in [0, 0.1) is 23.1 Å². The van der Waals surface area contributed by atoms with Crippen LogP contribution < -0.4 is 0 Å². The van der Waals surface area contributed by atoms with Gasteiger partial charge in [-0.3, -0.25) is 4.90 Å². The summed E-state index contributed by atoms with van der Waals surface area (Å²) in [5.41, 5.74) is 4.94. The van der Waals surface area contributed by atoms with Crippen molar-refractivity contribution in [2.45, 2.75) is 51.5 Å². The number of hydrogen-bond donors (Lipinski definition) is 0. The van der Waals surface area contributed by atoms with E-state index in [-0.39, 0.29) is 5.56 Å². The highest BCUT2D eigenvalue weighted by Gasteiger charge is 2.29. The summed E-state index contributed by atoms with van der Waals surface area (Å²) in [6.45, 7) is 5.69. The van der Waals surface area contributed by atoms with Crippen LogP contribution in [0.4, 0.5) is 4.39 Å². The lowest BCUT2D eigenvalue weighted by molar-refractivity contribution is 0.273. The van der Waals surface area contributed by atoms with Crippen molar-refractivity contribution in [2.75, 3.05) is 13.1 Å². The van der Waals surface area contributed by atoms with E-state index in [2.05, 4.69) is 30.0 Å². The smallest absolute Gasteiger partial charge is 0.141 e. The zero-order valence-electron chi connectivity index (χ0n) is 16.0. The van der Waals surface area contributed by atoms with E-state index >= 15 is 0 Å². The molecule has 0 aromatic heterocycles. The molecule has 3 heteroatoms. The first-order chi connectivity index (χ1) is 13.2. The van der Waals surface area contributed by atoms with Crippen molar-refractivity contribution >= 4 is 0 Å². The highest BCUT2D eigenvalue weighted by molar-refractivity contribution is 5.71. The highest BCUT2D eigenvalue weighted by Crippen LogP contribution is 2.46. The van der Waals surface area contributed by atoms with Crippen molar-refractivity contribution < 1.29 is 4.39 Å². The molecule has 1 atom stereocenters. The van der Waals surface area contributed by atoms with Crippen LogP contribution >= 0.6 is 0 Å². The van der Waals surface area contributed by atoms with Gasteiger partial charge in [-0.15, -0.1) is 0 Å². The van der Waals surface area contributed by atoms with Gasteiger partial charge < -0.3 is 0 Å². The highest BCUT2D eigenvalue weighted by atomic mass is 19.1. The Bertz CT molecular complexity index is 863. The normalized spacial score (nSPS) is 20.9. The van der Waals surface area contributed by atoms with Gasteiger partial charge in [-0.25, -0.2) is 4.39 Å². The molecule has 1 aliphatic carbocycles. The predicted octanol–water partition coefficient (Wildman–Crippen LogP) is 5.86. The van der Waals surface area contributed by atoms with Gasteiger partial charge in [-0.1, -0.05) is 31.2 Å². The van der Waals surface area contributed by atoms with Gasteiger partial charge in [0.15, 0.2) is 0 Å². The maximum Gasteiger partial charge on any atom is 0.141 e. The van der Waals surface area contributed by atoms with Gasteiger partial charge in [0.1, 0.15) is 11.9 Å². The van der Waals surface area contributed by atoms with E-state index in [9.17, 15) is 4.39 Å². The average molecular weight is 362 g/mol.